The molecule has 0 atom stereocenters. The van der Waals surface area contributed by atoms with E-state index in [1.807, 2.05) is 6.26 Å². The zero-order valence-corrected chi connectivity index (χ0v) is 13.5. The maximum atomic E-state index is 14.3. The molecule has 0 saturated carbocycles. The molecule has 22 heavy (non-hydrogen) atoms. The predicted octanol–water partition coefficient (Wildman–Crippen LogP) is 3.82. The third-order valence-electron chi connectivity index (χ3n) is 3.30. The van der Waals surface area contributed by atoms with Gasteiger partial charge < -0.3 is 9.30 Å². The molecule has 0 fully saturated rings. The van der Waals surface area contributed by atoms with Crippen LogP contribution in [0, 0.1) is 18.6 Å². The van der Waals surface area contributed by atoms with Crippen molar-refractivity contribution in [3.8, 4) is 17.0 Å². The average molecular weight is 325 g/mol. The van der Waals surface area contributed by atoms with Gasteiger partial charge in [0.05, 0.1) is 11.3 Å². The first kappa shape index (κ1) is 16.5. The van der Waals surface area contributed by atoms with E-state index in [0.29, 0.717) is 18.0 Å². The summed E-state index contributed by atoms with van der Waals surface area (Å²) < 4.78 is 35.2. The van der Waals surface area contributed by atoms with Crippen LogP contribution in [0.25, 0.3) is 11.3 Å². The summed E-state index contributed by atoms with van der Waals surface area (Å²) in [5.41, 5.74) is 0.299. The number of nitrogens with zero attached hydrogens (tertiary/aromatic N) is 1. The summed E-state index contributed by atoms with van der Waals surface area (Å²) in [6.45, 7) is 3.76. The molecule has 0 spiro atoms. The minimum atomic E-state index is -0.749. The smallest absolute Gasteiger partial charge is 0.253 e. The molecular formula is C16H17F2NO2S. The molecule has 3 nitrogen and oxygen atoms in total. The van der Waals surface area contributed by atoms with Crippen molar-refractivity contribution in [2.45, 2.75) is 20.4 Å². The van der Waals surface area contributed by atoms with Gasteiger partial charge >= 0.3 is 0 Å². The van der Waals surface area contributed by atoms with Gasteiger partial charge in [-0.2, -0.15) is 0 Å². The van der Waals surface area contributed by atoms with Gasteiger partial charge in [0.2, 0.25) is 0 Å². The Balaban J connectivity index is 2.59. The van der Waals surface area contributed by atoms with Gasteiger partial charge in [-0.3, -0.25) is 4.79 Å². The Bertz CT molecular complexity index is 720. The molecule has 0 amide bonds. The molecule has 118 valence electrons. The van der Waals surface area contributed by atoms with E-state index in [9.17, 15) is 13.6 Å². The normalized spacial score (nSPS) is 10.8. The first-order chi connectivity index (χ1) is 10.5. The predicted molar refractivity (Wildman–Crippen MR) is 85.5 cm³/mol. The van der Waals surface area contributed by atoms with Crippen LogP contribution in [0.5, 0.6) is 5.75 Å². The minimum absolute atomic E-state index is 0.130. The number of aromatic nitrogens is 1. The van der Waals surface area contributed by atoms with Gasteiger partial charge in [-0.25, -0.2) is 8.78 Å². The molecular weight excluding hydrogens is 308 g/mol. The highest BCUT2D eigenvalue weighted by molar-refractivity contribution is 7.98. The van der Waals surface area contributed by atoms with Gasteiger partial charge in [-0.05, 0) is 26.2 Å². The van der Waals surface area contributed by atoms with E-state index in [-0.39, 0.29) is 22.6 Å². The highest BCUT2D eigenvalue weighted by Gasteiger charge is 2.18. The van der Waals surface area contributed by atoms with E-state index in [1.54, 1.807) is 26.0 Å². The first-order valence-corrected chi connectivity index (χ1v) is 8.20. The van der Waals surface area contributed by atoms with Crippen molar-refractivity contribution in [1.82, 2.24) is 4.57 Å². The van der Waals surface area contributed by atoms with Crippen molar-refractivity contribution in [3.63, 3.8) is 0 Å². The zero-order chi connectivity index (χ0) is 16.3. The second-order valence-electron chi connectivity index (χ2n) is 4.76. The van der Waals surface area contributed by atoms with Gasteiger partial charge in [0.15, 0.2) is 0 Å². The standard InChI is InChI=1S/C16H17F2NO2S/c1-4-19-14(6-5-10(2)16(19)20)15-12(17)7-11(8-13(15)18)21-9-22-3/h5-8H,4,9H2,1-3H3. The van der Waals surface area contributed by atoms with Crippen molar-refractivity contribution in [2.75, 3.05) is 12.2 Å². The average Bonchev–Trinajstić information content (AvgIpc) is 2.48. The SMILES string of the molecule is CCn1c(-c2c(F)cc(OCSC)cc2F)ccc(C)c1=O. The van der Waals surface area contributed by atoms with E-state index >= 15 is 0 Å². The van der Waals surface area contributed by atoms with Crippen LogP contribution in [0.3, 0.4) is 0 Å². The van der Waals surface area contributed by atoms with Crippen LogP contribution in [0.4, 0.5) is 8.78 Å². The largest absolute Gasteiger partial charge is 0.483 e. The molecule has 0 saturated heterocycles. The number of rotatable bonds is 5. The van der Waals surface area contributed by atoms with Gasteiger partial charge in [-0.1, -0.05) is 6.07 Å². The summed E-state index contributed by atoms with van der Waals surface area (Å²) in [5.74, 6) is -1.06. The topological polar surface area (TPSA) is 31.2 Å². The number of halogens is 2. The fraction of sp³-hybridized carbons (Fsp3) is 0.312. The Morgan fingerprint density at radius 3 is 2.41 bits per heavy atom. The van der Waals surface area contributed by atoms with E-state index < -0.39 is 11.6 Å². The quantitative estimate of drug-likeness (QED) is 0.783. The van der Waals surface area contributed by atoms with Crippen molar-refractivity contribution in [2.24, 2.45) is 0 Å². The Morgan fingerprint density at radius 2 is 1.86 bits per heavy atom. The maximum absolute atomic E-state index is 14.3. The molecule has 0 aliphatic heterocycles. The van der Waals surface area contributed by atoms with Crippen LogP contribution >= 0.6 is 11.8 Å². The minimum Gasteiger partial charge on any atom is -0.483 e. The van der Waals surface area contributed by atoms with Crippen LogP contribution in [0.15, 0.2) is 29.1 Å². The Hall–Kier alpha value is -1.82. The first-order valence-electron chi connectivity index (χ1n) is 6.81. The summed E-state index contributed by atoms with van der Waals surface area (Å²) in [7, 11) is 0. The van der Waals surface area contributed by atoms with Crippen LogP contribution in [-0.2, 0) is 6.54 Å². The molecule has 2 rings (SSSR count). The highest BCUT2D eigenvalue weighted by Crippen LogP contribution is 2.29. The molecule has 2 aromatic rings. The van der Waals surface area contributed by atoms with E-state index in [4.69, 9.17) is 4.74 Å². The molecule has 0 unspecified atom stereocenters. The second-order valence-corrected chi connectivity index (χ2v) is 5.58. The van der Waals surface area contributed by atoms with Gasteiger partial charge in [0, 0.05) is 24.2 Å². The highest BCUT2D eigenvalue weighted by atomic mass is 32.2. The third-order valence-corrected chi connectivity index (χ3v) is 3.65. The zero-order valence-electron chi connectivity index (χ0n) is 12.7. The fourth-order valence-electron chi connectivity index (χ4n) is 2.22. The summed E-state index contributed by atoms with van der Waals surface area (Å²) in [4.78, 5) is 12.1. The Labute approximate surface area is 131 Å². The molecule has 0 N–H and O–H groups in total. The number of thioether (sulfide) groups is 1. The summed E-state index contributed by atoms with van der Waals surface area (Å²) in [5, 5.41) is 0. The summed E-state index contributed by atoms with van der Waals surface area (Å²) >= 11 is 1.41. The lowest BCUT2D eigenvalue weighted by molar-refractivity contribution is 0.387. The summed E-state index contributed by atoms with van der Waals surface area (Å²) in [6, 6.07) is 5.41. The number of pyridine rings is 1. The molecule has 0 aliphatic carbocycles. The molecule has 1 heterocycles. The van der Waals surface area contributed by atoms with Crippen LogP contribution < -0.4 is 10.3 Å². The van der Waals surface area contributed by atoms with Gasteiger partial charge in [-0.15, -0.1) is 11.8 Å². The van der Waals surface area contributed by atoms with Crippen molar-refractivity contribution < 1.29 is 13.5 Å². The number of hydrogen-bond acceptors (Lipinski definition) is 3. The number of ether oxygens (including phenoxy) is 1. The van der Waals surface area contributed by atoms with Crippen molar-refractivity contribution >= 4 is 11.8 Å². The van der Waals surface area contributed by atoms with Crippen LogP contribution in [0.2, 0.25) is 0 Å². The lowest BCUT2D eigenvalue weighted by Gasteiger charge is -2.14. The van der Waals surface area contributed by atoms with Crippen molar-refractivity contribution in [3.05, 3.63) is 51.8 Å². The third kappa shape index (κ3) is 3.16. The fourth-order valence-corrected chi connectivity index (χ4v) is 2.48. The van der Waals surface area contributed by atoms with Crippen LogP contribution in [0.1, 0.15) is 12.5 Å². The Kier molecular flexibility index (Phi) is 5.24. The van der Waals surface area contributed by atoms with E-state index in [1.165, 1.54) is 16.3 Å². The summed E-state index contributed by atoms with van der Waals surface area (Å²) in [6.07, 6.45) is 1.83. The van der Waals surface area contributed by atoms with Gasteiger partial charge in [0.25, 0.3) is 5.56 Å². The van der Waals surface area contributed by atoms with Gasteiger partial charge in [0.1, 0.15) is 23.3 Å². The second kappa shape index (κ2) is 6.96. The number of hydrogen-bond donors (Lipinski definition) is 0. The maximum Gasteiger partial charge on any atom is 0.253 e. The molecule has 6 heteroatoms. The molecule has 1 aromatic heterocycles. The molecule has 0 aliphatic rings. The monoisotopic (exact) mass is 325 g/mol. The lowest BCUT2D eigenvalue weighted by Crippen LogP contribution is -2.23. The Morgan fingerprint density at radius 1 is 1.23 bits per heavy atom. The molecule has 0 radical (unpaired) electrons. The van der Waals surface area contributed by atoms with Crippen molar-refractivity contribution in [1.29, 1.82) is 0 Å². The van der Waals surface area contributed by atoms with E-state index in [2.05, 4.69) is 0 Å². The molecule has 0 bridgehead atoms. The number of benzene rings is 1. The lowest BCUT2D eigenvalue weighted by atomic mass is 10.1. The van der Waals surface area contributed by atoms with Crippen LogP contribution in [-0.4, -0.2) is 16.8 Å². The molecule has 1 aromatic carbocycles. The number of aryl methyl sites for hydroxylation is 1. The van der Waals surface area contributed by atoms with E-state index in [0.717, 1.165) is 12.1 Å².